The van der Waals surface area contributed by atoms with Crippen molar-refractivity contribution in [2.75, 3.05) is 0 Å². The molecule has 1 N–H and O–H groups in total. The van der Waals surface area contributed by atoms with Crippen LogP contribution < -0.4 is 4.63 Å². The van der Waals surface area contributed by atoms with Gasteiger partial charge in [-0.15, -0.1) is 4.63 Å². The molecule has 3 nitrogen and oxygen atoms in total. The lowest BCUT2D eigenvalue weighted by Gasteiger charge is -1.71. The van der Waals surface area contributed by atoms with Gasteiger partial charge in [0.2, 0.25) is 0 Å². The molecule has 0 aromatic carbocycles. The second-order valence-electron chi connectivity index (χ2n) is 0.417. The third-order valence-corrected chi connectivity index (χ3v) is 0.454. The fraction of sp³-hybridized carbons (Fsp3) is 0. The van der Waals surface area contributed by atoms with Gasteiger partial charge in [-0.1, -0.05) is 4.28 Å². The lowest BCUT2D eigenvalue weighted by molar-refractivity contribution is -0.799. The maximum Gasteiger partial charge on any atom is 0.341 e. The average Bonchev–Trinajstić information content (AvgIpc) is 1.75. The summed E-state index contributed by atoms with van der Waals surface area (Å²) < 4.78 is 3.82. The fourth-order valence-electron chi connectivity index (χ4n) is 0.0170. The summed E-state index contributed by atoms with van der Waals surface area (Å²) in [5.41, 5.74) is 0. The van der Waals surface area contributed by atoms with Crippen LogP contribution in [0, 0.1) is 5.21 Å². The summed E-state index contributed by atoms with van der Waals surface area (Å²) in [6.07, 6.45) is 0. The smallest absolute Gasteiger partial charge is 0.341 e. The van der Waals surface area contributed by atoms with E-state index in [1.54, 1.807) is 0 Å². The molecule has 0 aliphatic carbocycles. The first-order chi connectivity index (χ1) is 1.89. The predicted molar refractivity (Wildman–Crippen MR) is 13.0 cm³/mol. The summed E-state index contributed by atoms with van der Waals surface area (Å²) >= 11 is 0.884. The highest BCUT2D eigenvalue weighted by atomic mass is 32.2. The van der Waals surface area contributed by atoms with Crippen LogP contribution in [0.1, 0.15) is 0 Å². The van der Waals surface area contributed by atoms with Gasteiger partial charge in [-0.05, 0) is 0 Å². The Morgan fingerprint density at radius 1 is 2.00 bits per heavy atom. The van der Waals surface area contributed by atoms with E-state index in [4.69, 9.17) is 0 Å². The van der Waals surface area contributed by atoms with Crippen LogP contribution in [-0.4, -0.2) is 0 Å². The van der Waals surface area contributed by atoms with Crippen LogP contribution in [-0.2, 0) is 4.28 Å². The monoisotopic (exact) mass is 79.0 g/mol. The molecule has 1 atom stereocenters. The lowest BCUT2D eigenvalue weighted by atomic mass is 13.3. The van der Waals surface area contributed by atoms with E-state index in [1.165, 1.54) is 0 Å². The first kappa shape index (κ1) is 2.47. The Morgan fingerprint density at radius 3 is 2.25 bits per heavy atom. The van der Waals surface area contributed by atoms with Crippen molar-refractivity contribution in [2.45, 2.75) is 0 Å². The van der Waals surface area contributed by atoms with Crippen molar-refractivity contribution in [3.8, 4) is 0 Å². The number of rotatable bonds is 0. The van der Waals surface area contributed by atoms with Crippen LogP contribution in [0.5, 0.6) is 0 Å². The van der Waals surface area contributed by atoms with Crippen molar-refractivity contribution >= 4 is 12.2 Å². The van der Waals surface area contributed by atoms with Crippen molar-refractivity contribution < 1.29 is 8.92 Å². The van der Waals surface area contributed by atoms with Gasteiger partial charge >= 0.3 is 12.2 Å². The molecule has 0 radical (unpaired) electrons. The summed E-state index contributed by atoms with van der Waals surface area (Å²) in [6.45, 7) is 0. The van der Waals surface area contributed by atoms with Crippen LogP contribution in [0.15, 0.2) is 0 Å². The second kappa shape index (κ2) is 0.587. The highest BCUT2D eigenvalue weighted by Crippen LogP contribution is 1.93. The number of hydrogen-bond acceptors (Lipinski definition) is 3. The summed E-state index contributed by atoms with van der Waals surface area (Å²) in [7, 11) is 0. The second-order valence-corrected chi connectivity index (χ2v) is 1.08. The molecule has 0 amide bonds. The highest BCUT2D eigenvalue weighted by molar-refractivity contribution is 7.91. The van der Waals surface area contributed by atoms with Gasteiger partial charge in [0.05, 0.1) is 0 Å². The minimum atomic E-state index is -0.167. The third kappa shape index (κ3) is 0.323. The van der Waals surface area contributed by atoms with Crippen LogP contribution in [0.25, 0.3) is 0 Å². The van der Waals surface area contributed by atoms with E-state index in [0.717, 1.165) is 12.2 Å². The Balaban J connectivity index is 2.17. The largest absolute Gasteiger partial charge is 0.585 e. The van der Waals surface area contributed by atoms with Crippen molar-refractivity contribution in [2.24, 2.45) is 0 Å². The van der Waals surface area contributed by atoms with E-state index in [0.29, 0.717) is 0 Å². The van der Waals surface area contributed by atoms with Gasteiger partial charge in [-0.2, -0.15) is 0 Å². The van der Waals surface area contributed by atoms with E-state index in [2.05, 4.69) is 4.28 Å². The molecular weight excluding hydrogens is 78.1 g/mol. The minimum Gasteiger partial charge on any atom is -0.585 e. The van der Waals surface area contributed by atoms with Gasteiger partial charge in [0.1, 0.15) is 0 Å². The van der Waals surface area contributed by atoms with Crippen molar-refractivity contribution in [1.82, 2.24) is 0 Å². The number of quaternary nitrogens is 1. The Kier molecular flexibility index (Phi) is 0.362. The minimum absolute atomic E-state index is 0.167. The maximum atomic E-state index is 9.30. The van der Waals surface area contributed by atoms with Crippen molar-refractivity contribution in [3.63, 3.8) is 0 Å². The maximum absolute atomic E-state index is 9.30. The van der Waals surface area contributed by atoms with Gasteiger partial charge in [0.15, 0.2) is 0 Å². The standard InChI is InChI=1S/HNO2S/c2-1-3-4-1/h1H. The van der Waals surface area contributed by atoms with Gasteiger partial charge in [0.25, 0.3) is 0 Å². The summed E-state index contributed by atoms with van der Waals surface area (Å²) in [5.74, 6) is 0. The SMILES string of the molecule is [O-][NH+]1OS1. The predicted octanol–water partition coefficient (Wildman–Crippen LogP) is -1.12. The lowest BCUT2D eigenvalue weighted by Crippen LogP contribution is -2.80. The quantitative estimate of drug-likeness (QED) is 0.173. The van der Waals surface area contributed by atoms with E-state index < -0.39 is 0 Å². The van der Waals surface area contributed by atoms with Crippen LogP contribution in [0.2, 0.25) is 0 Å². The molecule has 1 aliphatic rings. The molecule has 0 bridgehead atoms. The molecule has 0 aromatic heterocycles. The van der Waals surface area contributed by atoms with Gasteiger partial charge in [-0.3, -0.25) is 0 Å². The van der Waals surface area contributed by atoms with Crippen LogP contribution in [0.3, 0.4) is 0 Å². The van der Waals surface area contributed by atoms with Crippen LogP contribution in [0.4, 0.5) is 0 Å². The molecule has 0 saturated carbocycles. The van der Waals surface area contributed by atoms with Gasteiger partial charge in [0, 0.05) is 0 Å². The molecule has 1 unspecified atom stereocenters. The molecule has 4 heavy (non-hydrogen) atoms. The molecule has 1 fully saturated rings. The topological polar surface area (TPSA) is 40.0 Å². The molecule has 1 saturated heterocycles. The van der Waals surface area contributed by atoms with E-state index in [-0.39, 0.29) is 4.63 Å². The molecule has 4 heteroatoms. The first-order valence-electron chi connectivity index (χ1n) is 0.779. The normalized spacial score (nSPS) is 39.8. The van der Waals surface area contributed by atoms with E-state index in [9.17, 15) is 5.21 Å². The summed E-state index contributed by atoms with van der Waals surface area (Å²) in [4.78, 5) is 0. The zero-order valence-corrected chi connectivity index (χ0v) is 2.54. The molecule has 1 heterocycles. The van der Waals surface area contributed by atoms with Crippen LogP contribution >= 0.6 is 12.2 Å². The molecule has 1 aliphatic heterocycles. The van der Waals surface area contributed by atoms with Gasteiger partial charge in [-0.25, -0.2) is 0 Å². The van der Waals surface area contributed by atoms with Gasteiger partial charge < -0.3 is 5.21 Å². The Labute approximate surface area is 27.4 Å². The third-order valence-electron chi connectivity index (χ3n) is 0.151. The summed E-state index contributed by atoms with van der Waals surface area (Å²) in [6, 6.07) is 0. The molecule has 0 spiro atoms. The average molecular weight is 79.1 g/mol. The number of hydrogen-bond donors (Lipinski definition) is 1. The zero-order chi connectivity index (χ0) is 2.99. The van der Waals surface area contributed by atoms with E-state index >= 15 is 0 Å². The van der Waals surface area contributed by atoms with E-state index in [1.807, 2.05) is 0 Å². The molecule has 24 valence electrons. The molecule has 1 rings (SSSR count). The molecular formula is HNO2S. The summed E-state index contributed by atoms with van der Waals surface area (Å²) in [5, 5.41) is 9.30. The molecule has 0 aromatic rings. The van der Waals surface area contributed by atoms with Crippen molar-refractivity contribution in [1.29, 1.82) is 0 Å². The zero-order valence-electron chi connectivity index (χ0n) is 1.72. The Hall–Kier alpha value is 0.230. The number of nitrogens with one attached hydrogen (secondary N) is 1. The highest BCUT2D eigenvalue weighted by Gasteiger charge is 2.19. The Bertz CT molecular complexity index is 25.2. The fourth-order valence-corrected chi connectivity index (χ4v) is 0.0510. The Morgan fingerprint density at radius 2 is 2.25 bits per heavy atom. The first-order valence-corrected chi connectivity index (χ1v) is 1.52. The van der Waals surface area contributed by atoms with Crippen molar-refractivity contribution in [3.05, 3.63) is 5.21 Å².